The van der Waals surface area contributed by atoms with Crippen molar-refractivity contribution in [3.8, 4) is 45.5 Å². The second-order valence-corrected chi connectivity index (χ2v) is 11.7. The zero-order chi connectivity index (χ0) is 31.4. The maximum Gasteiger partial charge on any atom is 0.199 e. The molecule has 0 unspecified atom stereocenters. The van der Waals surface area contributed by atoms with Gasteiger partial charge >= 0.3 is 0 Å². The van der Waals surface area contributed by atoms with Gasteiger partial charge in [0.1, 0.15) is 5.58 Å². The summed E-state index contributed by atoms with van der Waals surface area (Å²) in [6.07, 6.45) is 1.63. The molecule has 0 atom stereocenters. The molecular formula is C43H31N3O. The van der Waals surface area contributed by atoms with Crippen LogP contribution in [0.3, 0.4) is 0 Å². The van der Waals surface area contributed by atoms with Gasteiger partial charge in [-0.2, -0.15) is 0 Å². The van der Waals surface area contributed by atoms with E-state index in [-0.39, 0.29) is 0 Å². The molecule has 0 amide bonds. The zero-order valence-corrected chi connectivity index (χ0v) is 25.8. The predicted octanol–water partition coefficient (Wildman–Crippen LogP) is 10.5. The summed E-state index contributed by atoms with van der Waals surface area (Å²) in [6, 6.07) is 56.6. The Bertz CT molecular complexity index is 2260. The molecule has 0 saturated carbocycles. The van der Waals surface area contributed by atoms with Gasteiger partial charge in [0, 0.05) is 16.5 Å². The fourth-order valence-corrected chi connectivity index (χ4v) is 6.13. The van der Waals surface area contributed by atoms with Crippen LogP contribution in [-0.4, -0.2) is 15.0 Å². The summed E-state index contributed by atoms with van der Waals surface area (Å²) in [6.45, 7) is 0. The quantitative estimate of drug-likeness (QED) is 0.173. The van der Waals surface area contributed by atoms with E-state index in [4.69, 9.17) is 19.4 Å². The lowest BCUT2D eigenvalue weighted by Gasteiger charge is -2.16. The highest BCUT2D eigenvalue weighted by Gasteiger charge is 2.18. The van der Waals surface area contributed by atoms with Gasteiger partial charge in [-0.25, -0.2) is 15.0 Å². The summed E-state index contributed by atoms with van der Waals surface area (Å²) in [5, 5.41) is 1.01. The van der Waals surface area contributed by atoms with E-state index >= 15 is 0 Å². The van der Waals surface area contributed by atoms with E-state index in [1.54, 1.807) is 0 Å². The highest BCUT2D eigenvalue weighted by atomic mass is 16.3. The molecule has 2 aromatic heterocycles. The van der Waals surface area contributed by atoms with Crippen LogP contribution >= 0.6 is 0 Å². The third kappa shape index (κ3) is 6.09. The van der Waals surface area contributed by atoms with Crippen molar-refractivity contribution in [2.75, 3.05) is 0 Å². The van der Waals surface area contributed by atoms with Crippen LogP contribution < -0.4 is 0 Å². The molecule has 4 nitrogen and oxygen atoms in total. The molecule has 0 saturated heterocycles. The first-order valence-corrected chi connectivity index (χ1v) is 15.9. The fourth-order valence-electron chi connectivity index (χ4n) is 6.13. The molecule has 0 N–H and O–H groups in total. The van der Waals surface area contributed by atoms with E-state index in [2.05, 4.69) is 103 Å². The lowest BCUT2D eigenvalue weighted by atomic mass is 9.89. The second-order valence-electron chi connectivity index (χ2n) is 11.7. The van der Waals surface area contributed by atoms with E-state index in [1.165, 1.54) is 33.4 Å². The topological polar surface area (TPSA) is 51.8 Å². The number of hydrogen-bond acceptors (Lipinski definition) is 4. The van der Waals surface area contributed by atoms with Gasteiger partial charge in [0.2, 0.25) is 0 Å². The molecule has 47 heavy (non-hydrogen) atoms. The minimum absolute atomic E-state index is 0.506. The first-order valence-electron chi connectivity index (χ1n) is 15.9. The number of hydrogen-bond donors (Lipinski definition) is 0. The van der Waals surface area contributed by atoms with Crippen molar-refractivity contribution < 1.29 is 4.42 Å². The third-order valence-corrected chi connectivity index (χ3v) is 8.46. The maximum absolute atomic E-state index is 6.22. The van der Waals surface area contributed by atoms with Gasteiger partial charge in [0.15, 0.2) is 23.2 Å². The average molecular weight is 606 g/mol. The van der Waals surface area contributed by atoms with E-state index in [9.17, 15) is 0 Å². The SMILES string of the molecule is c1ccc(Cc2ccccc2-c2ccc(-c3nc(-c4ccccc4)nc(-c4cc5ccccc5o4)n3)cc2Cc2ccccc2)cc1. The van der Waals surface area contributed by atoms with Crippen molar-refractivity contribution >= 4 is 11.0 Å². The van der Waals surface area contributed by atoms with Gasteiger partial charge < -0.3 is 4.42 Å². The maximum atomic E-state index is 6.22. The van der Waals surface area contributed by atoms with Gasteiger partial charge in [-0.05, 0) is 64.4 Å². The Kier molecular flexibility index (Phi) is 7.66. The monoisotopic (exact) mass is 605 g/mol. The average Bonchev–Trinajstić information content (AvgIpc) is 3.58. The van der Waals surface area contributed by atoms with Crippen LogP contribution in [0, 0.1) is 0 Å². The number of rotatable bonds is 8. The highest BCUT2D eigenvalue weighted by molar-refractivity contribution is 5.82. The van der Waals surface area contributed by atoms with Crippen molar-refractivity contribution in [3.63, 3.8) is 0 Å². The van der Waals surface area contributed by atoms with Crippen LogP contribution in [0.5, 0.6) is 0 Å². The molecule has 6 aromatic carbocycles. The summed E-state index contributed by atoms with van der Waals surface area (Å²) < 4.78 is 6.22. The Morgan fingerprint density at radius 3 is 1.68 bits per heavy atom. The molecule has 2 heterocycles. The van der Waals surface area contributed by atoms with Crippen LogP contribution in [0.4, 0.5) is 0 Å². The van der Waals surface area contributed by atoms with Crippen molar-refractivity contribution in [2.45, 2.75) is 12.8 Å². The van der Waals surface area contributed by atoms with Gasteiger partial charge in [-0.15, -0.1) is 0 Å². The molecular weight excluding hydrogens is 574 g/mol. The smallest absolute Gasteiger partial charge is 0.199 e. The summed E-state index contributed by atoms with van der Waals surface area (Å²) in [5.74, 6) is 2.33. The number of fused-ring (bicyclic) bond motifs is 1. The van der Waals surface area contributed by atoms with Gasteiger partial charge in [0.25, 0.3) is 0 Å². The summed E-state index contributed by atoms with van der Waals surface area (Å²) in [4.78, 5) is 14.9. The lowest BCUT2D eigenvalue weighted by Crippen LogP contribution is -2.01. The molecule has 8 rings (SSSR count). The number of para-hydroxylation sites is 1. The molecule has 224 valence electrons. The van der Waals surface area contributed by atoms with Crippen LogP contribution in [0.1, 0.15) is 22.3 Å². The Morgan fingerprint density at radius 1 is 0.404 bits per heavy atom. The van der Waals surface area contributed by atoms with Crippen LogP contribution in [0.15, 0.2) is 168 Å². The standard InChI is InChI=1S/C43H31N3O/c1-4-14-30(15-5-1)26-33-20-10-12-22-37(33)38-25-24-35(28-36(38)27-31-16-6-2-7-17-31)42-44-41(32-18-8-3-9-19-32)45-43(46-42)40-29-34-21-11-13-23-39(34)47-40/h1-25,28-29H,26-27H2. The third-order valence-electron chi connectivity index (χ3n) is 8.46. The van der Waals surface area contributed by atoms with E-state index in [0.29, 0.717) is 23.2 Å². The minimum atomic E-state index is 0.506. The first-order chi connectivity index (χ1) is 23.3. The molecule has 0 bridgehead atoms. The first kappa shape index (κ1) is 28.4. The Balaban J connectivity index is 1.28. The Labute approximate surface area is 274 Å². The minimum Gasteiger partial charge on any atom is -0.453 e. The molecule has 8 aromatic rings. The Hall–Kier alpha value is -6.13. The number of aromatic nitrogens is 3. The van der Waals surface area contributed by atoms with Crippen molar-refractivity contribution in [3.05, 3.63) is 186 Å². The van der Waals surface area contributed by atoms with Gasteiger partial charge in [-0.3, -0.25) is 0 Å². The van der Waals surface area contributed by atoms with Crippen molar-refractivity contribution in [2.24, 2.45) is 0 Å². The number of furan rings is 1. The summed E-state index contributed by atoms with van der Waals surface area (Å²) >= 11 is 0. The van der Waals surface area contributed by atoms with Gasteiger partial charge in [-0.1, -0.05) is 146 Å². The molecule has 0 aliphatic heterocycles. The molecule has 0 aliphatic rings. The molecule has 0 aliphatic carbocycles. The second kappa shape index (κ2) is 12.7. The summed E-state index contributed by atoms with van der Waals surface area (Å²) in [5.41, 5.74) is 10.1. The fraction of sp³-hybridized carbons (Fsp3) is 0.0465. The predicted molar refractivity (Wildman–Crippen MR) is 190 cm³/mol. The molecule has 0 spiro atoms. The van der Waals surface area contributed by atoms with E-state index < -0.39 is 0 Å². The lowest BCUT2D eigenvalue weighted by molar-refractivity contribution is 0.625. The van der Waals surface area contributed by atoms with E-state index in [0.717, 1.165) is 34.9 Å². The Morgan fingerprint density at radius 2 is 0.957 bits per heavy atom. The van der Waals surface area contributed by atoms with Crippen molar-refractivity contribution in [1.82, 2.24) is 15.0 Å². The number of benzene rings is 6. The van der Waals surface area contributed by atoms with E-state index in [1.807, 2.05) is 60.7 Å². The summed E-state index contributed by atoms with van der Waals surface area (Å²) in [7, 11) is 0. The van der Waals surface area contributed by atoms with Crippen LogP contribution in [-0.2, 0) is 12.8 Å². The highest BCUT2D eigenvalue weighted by Crippen LogP contribution is 2.34. The molecule has 0 fully saturated rings. The number of nitrogens with zero attached hydrogens (tertiary/aromatic N) is 3. The molecule has 0 radical (unpaired) electrons. The largest absolute Gasteiger partial charge is 0.453 e. The van der Waals surface area contributed by atoms with Crippen molar-refractivity contribution in [1.29, 1.82) is 0 Å². The van der Waals surface area contributed by atoms with Crippen LogP contribution in [0.25, 0.3) is 56.5 Å². The zero-order valence-electron chi connectivity index (χ0n) is 25.8. The van der Waals surface area contributed by atoms with Gasteiger partial charge in [0.05, 0.1) is 0 Å². The normalized spacial score (nSPS) is 11.1. The molecule has 4 heteroatoms. The van der Waals surface area contributed by atoms with Crippen LogP contribution in [0.2, 0.25) is 0 Å².